The van der Waals surface area contributed by atoms with Crippen LogP contribution in [0.5, 0.6) is 17.2 Å². The molecule has 0 radical (unpaired) electrons. The van der Waals surface area contributed by atoms with E-state index in [0.717, 1.165) is 0 Å². The lowest BCUT2D eigenvalue weighted by Crippen LogP contribution is -2.23. The number of esters is 1. The summed E-state index contributed by atoms with van der Waals surface area (Å²) >= 11 is 0. The molecule has 120 valence electrons. The summed E-state index contributed by atoms with van der Waals surface area (Å²) in [7, 11) is 4.48. The van der Waals surface area contributed by atoms with Crippen LogP contribution in [0, 0.1) is 11.8 Å². The zero-order valence-corrected chi connectivity index (χ0v) is 12.9. The normalized spacial score (nSPS) is 21.9. The third-order valence-electron chi connectivity index (χ3n) is 3.82. The highest BCUT2D eigenvalue weighted by Crippen LogP contribution is 2.42. The predicted molar refractivity (Wildman–Crippen MR) is 79.2 cm³/mol. The van der Waals surface area contributed by atoms with E-state index in [1.807, 2.05) is 0 Å². The van der Waals surface area contributed by atoms with Gasteiger partial charge in [0, 0.05) is 5.92 Å². The Morgan fingerprint density at radius 2 is 1.86 bits per heavy atom. The van der Waals surface area contributed by atoms with Gasteiger partial charge in [-0.05, 0) is 17.7 Å². The number of rotatable bonds is 6. The van der Waals surface area contributed by atoms with Crippen molar-refractivity contribution in [1.29, 1.82) is 0 Å². The summed E-state index contributed by atoms with van der Waals surface area (Å²) in [6.07, 6.45) is 0.572. The summed E-state index contributed by atoms with van der Waals surface area (Å²) < 4.78 is 20.8. The zero-order chi connectivity index (χ0) is 16.3. The number of hydrogen-bond acceptors (Lipinski definition) is 6. The van der Waals surface area contributed by atoms with E-state index in [2.05, 4.69) is 6.58 Å². The summed E-state index contributed by atoms with van der Waals surface area (Å²) in [6.45, 7) is 3.92. The molecule has 0 saturated carbocycles. The van der Waals surface area contributed by atoms with E-state index in [0.29, 0.717) is 22.8 Å². The Kier molecular flexibility index (Phi) is 4.92. The van der Waals surface area contributed by atoms with Crippen LogP contribution in [0.4, 0.5) is 0 Å². The molecular formula is C16H20O6. The minimum absolute atomic E-state index is 0.231. The summed E-state index contributed by atoms with van der Waals surface area (Å²) in [6, 6.07) is 3.25. The number of aliphatic hydroxyl groups is 1. The van der Waals surface area contributed by atoms with Crippen molar-refractivity contribution in [3.05, 3.63) is 30.4 Å². The number of aliphatic hydroxyl groups excluding tert-OH is 1. The van der Waals surface area contributed by atoms with Gasteiger partial charge in [0.05, 0.1) is 40.0 Å². The van der Waals surface area contributed by atoms with E-state index >= 15 is 0 Å². The molecule has 0 spiro atoms. The van der Waals surface area contributed by atoms with Crippen molar-refractivity contribution in [3.8, 4) is 17.2 Å². The number of hydrogen-bond donors (Lipinski definition) is 1. The zero-order valence-electron chi connectivity index (χ0n) is 12.9. The number of carbonyl (C=O) groups excluding carboxylic acids is 1. The Bertz CT molecular complexity index is 543. The summed E-state index contributed by atoms with van der Waals surface area (Å²) in [4.78, 5) is 11.9. The summed E-state index contributed by atoms with van der Waals surface area (Å²) in [5, 5.41) is 10.6. The quantitative estimate of drug-likeness (QED) is 0.637. The first-order valence-corrected chi connectivity index (χ1v) is 6.84. The number of methoxy groups -OCH3 is 3. The van der Waals surface area contributed by atoms with Gasteiger partial charge < -0.3 is 24.1 Å². The molecule has 1 fully saturated rings. The fourth-order valence-electron chi connectivity index (χ4n) is 2.61. The van der Waals surface area contributed by atoms with Gasteiger partial charge in [0.2, 0.25) is 5.75 Å². The smallest absolute Gasteiger partial charge is 0.312 e. The number of benzene rings is 1. The van der Waals surface area contributed by atoms with Crippen molar-refractivity contribution < 1.29 is 28.8 Å². The van der Waals surface area contributed by atoms with Crippen LogP contribution in [-0.2, 0) is 9.53 Å². The molecule has 6 heteroatoms. The van der Waals surface area contributed by atoms with Gasteiger partial charge >= 0.3 is 5.97 Å². The number of carbonyl (C=O) groups is 1. The first-order chi connectivity index (χ1) is 10.6. The Morgan fingerprint density at radius 3 is 2.32 bits per heavy atom. The second-order valence-corrected chi connectivity index (χ2v) is 4.96. The monoisotopic (exact) mass is 308 g/mol. The molecule has 0 amide bonds. The van der Waals surface area contributed by atoms with Crippen molar-refractivity contribution in [3.63, 3.8) is 0 Å². The second kappa shape index (κ2) is 6.70. The molecule has 22 heavy (non-hydrogen) atoms. The van der Waals surface area contributed by atoms with Crippen molar-refractivity contribution in [2.75, 3.05) is 27.9 Å². The van der Waals surface area contributed by atoms with E-state index < -0.39 is 18.0 Å². The van der Waals surface area contributed by atoms with E-state index in [4.69, 9.17) is 18.9 Å². The topological polar surface area (TPSA) is 74.2 Å². The van der Waals surface area contributed by atoms with E-state index in [-0.39, 0.29) is 12.5 Å². The number of cyclic esters (lactones) is 1. The van der Waals surface area contributed by atoms with Gasteiger partial charge in [-0.1, -0.05) is 6.08 Å². The minimum Gasteiger partial charge on any atom is -0.493 e. The molecule has 1 aliphatic heterocycles. The molecule has 3 atom stereocenters. The second-order valence-electron chi connectivity index (χ2n) is 4.96. The Morgan fingerprint density at radius 1 is 1.27 bits per heavy atom. The van der Waals surface area contributed by atoms with Gasteiger partial charge in [-0.2, -0.15) is 0 Å². The Labute approximate surface area is 129 Å². The molecule has 1 aliphatic rings. The first-order valence-electron chi connectivity index (χ1n) is 6.84. The standard InChI is InChI=1S/C16H20O6/c1-5-9-8-22-16(18)13(9)14(17)10-6-11(19-2)15(21-4)12(7-10)20-3/h5-7,9,13-14,17H,1,8H2,2-4H3/t9-,13?,14?/m0/s1. The fourth-order valence-corrected chi connectivity index (χ4v) is 2.61. The lowest BCUT2D eigenvalue weighted by atomic mass is 9.86. The van der Waals surface area contributed by atoms with Crippen LogP contribution in [0.2, 0.25) is 0 Å². The SMILES string of the molecule is C=C[C@H]1COC(=O)C1C(O)c1cc(OC)c(OC)c(OC)c1. The number of ether oxygens (including phenoxy) is 4. The van der Waals surface area contributed by atoms with Gasteiger partial charge in [-0.3, -0.25) is 4.79 Å². The van der Waals surface area contributed by atoms with Gasteiger partial charge in [-0.25, -0.2) is 0 Å². The first kappa shape index (κ1) is 16.2. The molecule has 1 saturated heterocycles. The van der Waals surface area contributed by atoms with E-state index in [1.54, 1.807) is 18.2 Å². The lowest BCUT2D eigenvalue weighted by Gasteiger charge is -2.21. The maximum atomic E-state index is 11.9. The highest BCUT2D eigenvalue weighted by molar-refractivity contribution is 5.76. The maximum absolute atomic E-state index is 11.9. The van der Waals surface area contributed by atoms with Crippen LogP contribution in [0.25, 0.3) is 0 Å². The lowest BCUT2D eigenvalue weighted by molar-refractivity contribution is -0.144. The van der Waals surface area contributed by atoms with Gasteiger partial charge in [0.1, 0.15) is 0 Å². The molecule has 2 rings (SSSR count). The van der Waals surface area contributed by atoms with Gasteiger partial charge in [-0.15, -0.1) is 6.58 Å². The van der Waals surface area contributed by atoms with Crippen LogP contribution in [-0.4, -0.2) is 39.0 Å². The molecular weight excluding hydrogens is 288 g/mol. The highest BCUT2D eigenvalue weighted by atomic mass is 16.5. The Hall–Kier alpha value is -2.21. The largest absolute Gasteiger partial charge is 0.493 e. The molecule has 0 aliphatic carbocycles. The predicted octanol–water partition coefficient (Wildman–Crippen LogP) is 1.72. The van der Waals surface area contributed by atoms with E-state index in [1.165, 1.54) is 21.3 Å². The van der Waals surface area contributed by atoms with Crippen molar-refractivity contribution in [2.24, 2.45) is 11.8 Å². The summed E-state index contributed by atoms with van der Waals surface area (Å²) in [5.41, 5.74) is 0.491. The van der Waals surface area contributed by atoms with Crippen molar-refractivity contribution >= 4 is 5.97 Å². The van der Waals surface area contributed by atoms with Gasteiger partial charge in [0.15, 0.2) is 11.5 Å². The molecule has 6 nitrogen and oxygen atoms in total. The average Bonchev–Trinajstić information content (AvgIpc) is 2.93. The minimum atomic E-state index is -1.05. The van der Waals surface area contributed by atoms with Crippen LogP contribution >= 0.6 is 0 Å². The molecule has 1 aromatic rings. The van der Waals surface area contributed by atoms with E-state index in [9.17, 15) is 9.90 Å². The third kappa shape index (κ3) is 2.74. The average molecular weight is 308 g/mol. The van der Waals surface area contributed by atoms with Crippen LogP contribution in [0.15, 0.2) is 24.8 Å². The van der Waals surface area contributed by atoms with Crippen LogP contribution < -0.4 is 14.2 Å². The van der Waals surface area contributed by atoms with Crippen LogP contribution in [0.3, 0.4) is 0 Å². The highest BCUT2D eigenvalue weighted by Gasteiger charge is 2.41. The fraction of sp³-hybridized carbons (Fsp3) is 0.438. The van der Waals surface area contributed by atoms with Crippen LogP contribution in [0.1, 0.15) is 11.7 Å². The third-order valence-corrected chi connectivity index (χ3v) is 3.82. The summed E-state index contributed by atoms with van der Waals surface area (Å²) in [5.74, 6) is -0.113. The Balaban J connectivity index is 2.43. The maximum Gasteiger partial charge on any atom is 0.312 e. The molecule has 2 unspecified atom stereocenters. The van der Waals surface area contributed by atoms with Gasteiger partial charge in [0.25, 0.3) is 0 Å². The molecule has 1 N–H and O–H groups in total. The molecule has 1 aromatic carbocycles. The van der Waals surface area contributed by atoms with Crippen molar-refractivity contribution in [1.82, 2.24) is 0 Å². The van der Waals surface area contributed by atoms with Crippen molar-refractivity contribution in [2.45, 2.75) is 6.10 Å². The molecule has 0 bridgehead atoms. The molecule has 0 aromatic heterocycles. The molecule has 1 heterocycles.